The number of halogens is 2. The van der Waals surface area contributed by atoms with Crippen molar-refractivity contribution in [1.29, 1.82) is 0 Å². The lowest BCUT2D eigenvalue weighted by atomic mass is 10.0. The number of alkyl halides is 1. The topological polar surface area (TPSA) is 46.7 Å². The van der Waals surface area contributed by atoms with Crippen LogP contribution in [-0.4, -0.2) is 54.0 Å². The standard InChI is InChI=1S/C35H36ClFN4O/c36-34-7-2-1-5-29(34)23-40-18-16-39(17-19-40)22-27-8-13-35-32(21-27)33(28-9-11-31(12-10-28)42-25-37)24-41(35)30-6-3-4-26(20-30)14-15-38/h1-13,20-21,24H,14-19,22-23,25,38H2. The maximum atomic E-state index is 12.7. The van der Waals surface area contributed by atoms with Gasteiger partial charge in [0, 0.05) is 67.1 Å². The second kappa shape index (κ2) is 13.1. The number of nitrogens with two attached hydrogens (primary N) is 1. The molecule has 5 aromatic rings. The van der Waals surface area contributed by atoms with Crippen LogP contribution in [0.3, 0.4) is 0 Å². The van der Waals surface area contributed by atoms with Crippen LogP contribution in [0.4, 0.5) is 4.39 Å². The number of aromatic nitrogens is 1. The molecule has 1 fully saturated rings. The minimum absolute atomic E-state index is 0.522. The van der Waals surface area contributed by atoms with Gasteiger partial charge in [-0.05, 0) is 77.7 Å². The predicted molar refractivity (Wildman–Crippen MR) is 170 cm³/mol. The second-order valence-corrected chi connectivity index (χ2v) is 11.3. The molecule has 1 saturated heterocycles. The van der Waals surface area contributed by atoms with Crippen LogP contribution in [-0.2, 0) is 19.5 Å². The molecule has 0 radical (unpaired) electrons. The average Bonchev–Trinajstić information content (AvgIpc) is 3.39. The number of fused-ring (bicyclic) bond motifs is 1. The molecule has 0 atom stereocenters. The molecule has 2 N–H and O–H groups in total. The zero-order valence-electron chi connectivity index (χ0n) is 23.7. The molecular formula is C35H36ClFN4O. The summed E-state index contributed by atoms with van der Waals surface area (Å²) in [6.45, 7) is 5.62. The molecule has 2 heterocycles. The summed E-state index contributed by atoms with van der Waals surface area (Å²) >= 11 is 6.40. The maximum absolute atomic E-state index is 12.7. The van der Waals surface area contributed by atoms with Gasteiger partial charge in [0.15, 0.2) is 0 Å². The van der Waals surface area contributed by atoms with Gasteiger partial charge in [-0.3, -0.25) is 9.80 Å². The van der Waals surface area contributed by atoms with Gasteiger partial charge >= 0.3 is 0 Å². The van der Waals surface area contributed by atoms with Gasteiger partial charge in [-0.2, -0.15) is 0 Å². The van der Waals surface area contributed by atoms with Gasteiger partial charge in [-0.1, -0.05) is 60.1 Å². The van der Waals surface area contributed by atoms with Crippen LogP contribution in [0.2, 0.25) is 5.02 Å². The molecule has 6 rings (SSSR count). The van der Waals surface area contributed by atoms with Gasteiger partial charge in [0.05, 0.1) is 5.52 Å². The number of nitrogens with zero attached hydrogens (tertiary/aromatic N) is 3. The number of hydrogen-bond donors (Lipinski definition) is 1. The van der Waals surface area contributed by atoms with Crippen molar-refractivity contribution in [2.45, 2.75) is 19.5 Å². The lowest BCUT2D eigenvalue weighted by Gasteiger charge is -2.35. The zero-order chi connectivity index (χ0) is 28.9. The lowest BCUT2D eigenvalue weighted by Crippen LogP contribution is -2.45. The molecule has 0 saturated carbocycles. The Morgan fingerprint density at radius 2 is 1.55 bits per heavy atom. The molecule has 0 aliphatic carbocycles. The van der Waals surface area contributed by atoms with Gasteiger partial charge in [0.1, 0.15) is 5.75 Å². The fourth-order valence-corrected chi connectivity index (χ4v) is 6.07. The molecule has 42 heavy (non-hydrogen) atoms. The van der Waals surface area contributed by atoms with Gasteiger partial charge in [0.25, 0.3) is 0 Å². The first-order chi connectivity index (χ1) is 20.6. The number of rotatable bonds is 10. The fourth-order valence-electron chi connectivity index (χ4n) is 5.87. The number of benzene rings is 4. The van der Waals surface area contributed by atoms with Crippen molar-refractivity contribution in [1.82, 2.24) is 14.4 Å². The first kappa shape index (κ1) is 28.4. The summed E-state index contributed by atoms with van der Waals surface area (Å²) in [5.74, 6) is 0.522. The second-order valence-electron chi connectivity index (χ2n) is 10.9. The molecule has 4 aromatic carbocycles. The number of hydrogen-bond acceptors (Lipinski definition) is 4. The van der Waals surface area contributed by atoms with E-state index in [0.717, 1.165) is 73.0 Å². The summed E-state index contributed by atoms with van der Waals surface area (Å²) in [7, 11) is 0. The molecule has 0 amide bonds. The number of piperazine rings is 1. The van der Waals surface area contributed by atoms with Crippen molar-refractivity contribution in [3.05, 3.63) is 119 Å². The highest BCUT2D eigenvalue weighted by molar-refractivity contribution is 6.31. The van der Waals surface area contributed by atoms with Crippen molar-refractivity contribution in [3.63, 3.8) is 0 Å². The molecule has 7 heteroatoms. The van der Waals surface area contributed by atoms with E-state index in [0.29, 0.717) is 12.3 Å². The molecule has 0 spiro atoms. The van der Waals surface area contributed by atoms with Crippen LogP contribution < -0.4 is 10.5 Å². The normalized spacial score (nSPS) is 14.5. The van der Waals surface area contributed by atoms with Crippen LogP contribution >= 0.6 is 11.6 Å². The number of ether oxygens (including phenoxy) is 1. The van der Waals surface area contributed by atoms with Crippen molar-refractivity contribution in [3.8, 4) is 22.6 Å². The molecule has 1 aromatic heterocycles. The van der Waals surface area contributed by atoms with Crippen molar-refractivity contribution in [2.75, 3.05) is 39.6 Å². The molecule has 1 aliphatic heterocycles. The largest absolute Gasteiger partial charge is 0.463 e. The molecule has 0 bridgehead atoms. The summed E-state index contributed by atoms with van der Waals surface area (Å²) in [5.41, 5.74) is 14.0. The van der Waals surface area contributed by atoms with E-state index < -0.39 is 6.86 Å². The Hall–Kier alpha value is -3.68. The van der Waals surface area contributed by atoms with Crippen LogP contribution in [0.15, 0.2) is 97.2 Å². The minimum atomic E-state index is -0.838. The average molecular weight is 583 g/mol. The SMILES string of the molecule is NCCc1cccc(-n2cc(-c3ccc(OCF)cc3)c3cc(CN4CCN(Cc5ccccc5Cl)CC4)ccc32)c1. The Morgan fingerprint density at radius 3 is 2.29 bits per heavy atom. The van der Waals surface area contributed by atoms with E-state index in [-0.39, 0.29) is 0 Å². The van der Waals surface area contributed by atoms with E-state index in [2.05, 4.69) is 75.2 Å². The van der Waals surface area contributed by atoms with Crippen molar-refractivity contribution < 1.29 is 9.13 Å². The summed E-state index contributed by atoms with van der Waals surface area (Å²) < 4.78 is 20.0. The predicted octanol–water partition coefficient (Wildman–Crippen LogP) is 7.08. The Labute approximate surface area is 251 Å². The highest BCUT2D eigenvalue weighted by Gasteiger charge is 2.19. The Kier molecular flexibility index (Phi) is 8.87. The fraction of sp³-hybridized carbons (Fsp3) is 0.257. The van der Waals surface area contributed by atoms with Gasteiger partial charge in [-0.15, -0.1) is 0 Å². The highest BCUT2D eigenvalue weighted by Crippen LogP contribution is 2.35. The Bertz CT molecular complexity index is 1640. The van der Waals surface area contributed by atoms with E-state index in [1.807, 2.05) is 36.4 Å². The third kappa shape index (κ3) is 6.37. The van der Waals surface area contributed by atoms with Crippen LogP contribution in [0.25, 0.3) is 27.7 Å². The van der Waals surface area contributed by atoms with E-state index >= 15 is 0 Å². The third-order valence-electron chi connectivity index (χ3n) is 8.10. The lowest BCUT2D eigenvalue weighted by molar-refractivity contribution is 0.122. The van der Waals surface area contributed by atoms with E-state index in [9.17, 15) is 4.39 Å². The van der Waals surface area contributed by atoms with E-state index in [1.54, 1.807) is 0 Å². The third-order valence-corrected chi connectivity index (χ3v) is 8.47. The van der Waals surface area contributed by atoms with Crippen LogP contribution in [0, 0.1) is 0 Å². The quantitative estimate of drug-likeness (QED) is 0.191. The van der Waals surface area contributed by atoms with Gasteiger partial charge in [-0.25, -0.2) is 4.39 Å². The van der Waals surface area contributed by atoms with E-state index in [4.69, 9.17) is 22.1 Å². The Morgan fingerprint density at radius 1 is 0.786 bits per heavy atom. The smallest absolute Gasteiger partial charge is 0.228 e. The minimum Gasteiger partial charge on any atom is -0.463 e. The Balaban J connectivity index is 1.26. The van der Waals surface area contributed by atoms with Gasteiger partial charge in [0.2, 0.25) is 6.86 Å². The molecule has 1 aliphatic rings. The molecule has 216 valence electrons. The highest BCUT2D eigenvalue weighted by atomic mass is 35.5. The monoisotopic (exact) mass is 582 g/mol. The summed E-state index contributed by atoms with van der Waals surface area (Å²) in [6, 6.07) is 31.1. The first-order valence-electron chi connectivity index (χ1n) is 14.5. The summed E-state index contributed by atoms with van der Waals surface area (Å²) in [4.78, 5) is 5.01. The molecule has 0 unspecified atom stereocenters. The maximum Gasteiger partial charge on any atom is 0.228 e. The van der Waals surface area contributed by atoms with Crippen LogP contribution in [0.5, 0.6) is 5.75 Å². The van der Waals surface area contributed by atoms with Crippen molar-refractivity contribution in [2.24, 2.45) is 5.73 Å². The van der Waals surface area contributed by atoms with Crippen LogP contribution in [0.1, 0.15) is 16.7 Å². The first-order valence-corrected chi connectivity index (χ1v) is 14.9. The summed E-state index contributed by atoms with van der Waals surface area (Å²) in [5, 5.41) is 2.03. The zero-order valence-corrected chi connectivity index (χ0v) is 24.4. The van der Waals surface area contributed by atoms with Gasteiger partial charge < -0.3 is 15.0 Å². The molecule has 5 nitrogen and oxygen atoms in total. The van der Waals surface area contributed by atoms with E-state index in [1.165, 1.54) is 22.1 Å². The van der Waals surface area contributed by atoms with Crippen molar-refractivity contribution >= 4 is 22.5 Å². The molecular weight excluding hydrogens is 547 g/mol. The summed E-state index contributed by atoms with van der Waals surface area (Å²) in [6.07, 6.45) is 3.04.